The molecule has 4 rings (SSSR count). The summed E-state index contributed by atoms with van der Waals surface area (Å²) in [6, 6.07) is 12.6. The summed E-state index contributed by atoms with van der Waals surface area (Å²) in [6.07, 6.45) is 0. The van der Waals surface area contributed by atoms with Crippen molar-refractivity contribution in [1.82, 2.24) is 0 Å². The van der Waals surface area contributed by atoms with Crippen molar-refractivity contribution in [2.24, 2.45) is 11.1 Å². The Hall–Kier alpha value is -2.09. The smallest absolute Gasteiger partial charge is 0.231 e. The standard InChI is InChI=1S/C21H25NO5S/c1-3-25-12-21(11-22)19(15-6-9-17-18(10-15)27-13-26-17)20(21)28(23,24)16-7-4-14(2)5-8-16/h4-10,19-20H,3,11-13,22H2,1-2H3/t19-,20+,21-/m1/s1. The predicted octanol–water partition coefficient (Wildman–Crippen LogP) is 2.65. The van der Waals surface area contributed by atoms with Crippen LogP contribution in [-0.4, -0.2) is 40.2 Å². The van der Waals surface area contributed by atoms with Crippen LogP contribution in [-0.2, 0) is 14.6 Å². The molecule has 2 aromatic rings. The third-order valence-electron chi connectivity index (χ3n) is 5.77. The van der Waals surface area contributed by atoms with Gasteiger partial charge in [-0.05, 0) is 43.7 Å². The van der Waals surface area contributed by atoms with Gasteiger partial charge in [-0.1, -0.05) is 23.8 Å². The van der Waals surface area contributed by atoms with Crippen LogP contribution in [0.25, 0.3) is 0 Å². The molecule has 1 aliphatic carbocycles. The predicted molar refractivity (Wildman–Crippen MR) is 105 cm³/mol. The summed E-state index contributed by atoms with van der Waals surface area (Å²) in [4.78, 5) is 0.320. The molecule has 28 heavy (non-hydrogen) atoms. The van der Waals surface area contributed by atoms with Gasteiger partial charge >= 0.3 is 0 Å². The number of sulfone groups is 1. The highest BCUT2D eigenvalue weighted by molar-refractivity contribution is 7.92. The summed E-state index contributed by atoms with van der Waals surface area (Å²) >= 11 is 0. The number of rotatable bonds is 7. The lowest BCUT2D eigenvalue weighted by Gasteiger charge is -2.16. The van der Waals surface area contributed by atoms with Crippen molar-refractivity contribution in [3.05, 3.63) is 53.6 Å². The summed E-state index contributed by atoms with van der Waals surface area (Å²) in [7, 11) is -3.58. The van der Waals surface area contributed by atoms with E-state index in [1.165, 1.54) is 0 Å². The van der Waals surface area contributed by atoms with Crippen molar-refractivity contribution in [1.29, 1.82) is 0 Å². The molecule has 7 heteroatoms. The van der Waals surface area contributed by atoms with Gasteiger partial charge in [0.1, 0.15) is 0 Å². The zero-order chi connectivity index (χ0) is 19.9. The second kappa shape index (κ2) is 7.06. The molecule has 6 nitrogen and oxygen atoms in total. The number of benzene rings is 2. The Morgan fingerprint density at radius 3 is 2.54 bits per heavy atom. The van der Waals surface area contributed by atoms with E-state index < -0.39 is 20.5 Å². The van der Waals surface area contributed by atoms with E-state index in [9.17, 15) is 8.42 Å². The Balaban J connectivity index is 1.75. The van der Waals surface area contributed by atoms with E-state index in [0.717, 1.165) is 11.1 Å². The van der Waals surface area contributed by atoms with Crippen molar-refractivity contribution in [2.45, 2.75) is 29.9 Å². The molecule has 2 N–H and O–H groups in total. The summed E-state index contributed by atoms with van der Waals surface area (Å²) in [5.41, 5.74) is 7.38. The number of fused-ring (bicyclic) bond motifs is 1. The van der Waals surface area contributed by atoms with Crippen LogP contribution in [0.2, 0.25) is 0 Å². The number of hydrogen-bond acceptors (Lipinski definition) is 6. The first kappa shape index (κ1) is 19.2. The molecule has 1 heterocycles. The molecule has 0 aromatic heterocycles. The van der Waals surface area contributed by atoms with Gasteiger partial charge in [-0.3, -0.25) is 0 Å². The largest absolute Gasteiger partial charge is 0.454 e. The molecule has 0 unspecified atom stereocenters. The maximum absolute atomic E-state index is 13.5. The van der Waals surface area contributed by atoms with Gasteiger partial charge in [0.2, 0.25) is 6.79 Å². The quantitative estimate of drug-likeness (QED) is 0.765. The van der Waals surface area contributed by atoms with Crippen LogP contribution in [0.4, 0.5) is 0 Å². The fraction of sp³-hybridized carbons (Fsp3) is 0.429. The molecular weight excluding hydrogens is 378 g/mol. The maximum atomic E-state index is 13.5. The van der Waals surface area contributed by atoms with E-state index in [2.05, 4.69) is 0 Å². The zero-order valence-electron chi connectivity index (χ0n) is 16.1. The first-order chi connectivity index (χ1) is 13.4. The van der Waals surface area contributed by atoms with Gasteiger partial charge in [-0.2, -0.15) is 0 Å². The third kappa shape index (κ3) is 2.98. The van der Waals surface area contributed by atoms with E-state index >= 15 is 0 Å². The molecule has 1 fully saturated rings. The molecule has 0 saturated heterocycles. The van der Waals surface area contributed by atoms with Crippen LogP contribution in [0.1, 0.15) is 24.0 Å². The van der Waals surface area contributed by atoms with Gasteiger partial charge in [0.15, 0.2) is 21.3 Å². The summed E-state index contributed by atoms with van der Waals surface area (Å²) in [5.74, 6) is 1.05. The normalized spacial score (nSPS) is 25.7. The number of ether oxygens (including phenoxy) is 3. The molecule has 2 aromatic carbocycles. The maximum Gasteiger partial charge on any atom is 0.231 e. The van der Waals surface area contributed by atoms with Crippen molar-refractivity contribution >= 4 is 9.84 Å². The Labute approximate surface area is 165 Å². The van der Waals surface area contributed by atoms with Crippen LogP contribution in [0.5, 0.6) is 11.5 Å². The minimum Gasteiger partial charge on any atom is -0.454 e. The van der Waals surface area contributed by atoms with Crippen LogP contribution < -0.4 is 15.2 Å². The highest BCUT2D eigenvalue weighted by atomic mass is 32.2. The summed E-state index contributed by atoms with van der Waals surface area (Å²) < 4.78 is 43.5. The van der Waals surface area contributed by atoms with Gasteiger partial charge < -0.3 is 19.9 Å². The van der Waals surface area contributed by atoms with E-state index in [4.69, 9.17) is 19.9 Å². The van der Waals surface area contributed by atoms with Crippen molar-refractivity contribution in [3.63, 3.8) is 0 Å². The van der Waals surface area contributed by atoms with Crippen molar-refractivity contribution in [2.75, 3.05) is 26.6 Å². The highest BCUT2D eigenvalue weighted by Crippen LogP contribution is 2.64. The van der Waals surface area contributed by atoms with Crippen molar-refractivity contribution < 1.29 is 22.6 Å². The van der Waals surface area contributed by atoms with E-state index in [-0.39, 0.29) is 19.3 Å². The first-order valence-electron chi connectivity index (χ1n) is 9.42. The lowest BCUT2D eigenvalue weighted by atomic mass is 9.99. The van der Waals surface area contributed by atoms with Gasteiger partial charge in [0.05, 0.1) is 16.8 Å². The third-order valence-corrected chi connectivity index (χ3v) is 8.11. The Morgan fingerprint density at radius 2 is 1.86 bits per heavy atom. The molecule has 2 aliphatic rings. The lowest BCUT2D eigenvalue weighted by Crippen LogP contribution is -2.29. The number of aryl methyl sites for hydroxylation is 1. The minimum atomic E-state index is -3.58. The molecule has 0 amide bonds. The Bertz CT molecular complexity index is 973. The van der Waals surface area contributed by atoms with Gasteiger partial charge in [-0.15, -0.1) is 0 Å². The number of nitrogens with two attached hydrogens (primary N) is 1. The highest BCUT2D eigenvalue weighted by Gasteiger charge is 2.70. The molecule has 1 aliphatic heterocycles. The van der Waals surface area contributed by atoms with Crippen LogP contribution in [0, 0.1) is 12.3 Å². The molecule has 3 atom stereocenters. The summed E-state index contributed by atoms with van der Waals surface area (Å²) in [6.45, 7) is 5.03. The minimum absolute atomic E-state index is 0.176. The summed E-state index contributed by atoms with van der Waals surface area (Å²) in [5, 5.41) is -0.639. The van der Waals surface area contributed by atoms with Crippen LogP contribution in [0.15, 0.2) is 47.4 Å². The topological polar surface area (TPSA) is 87.8 Å². The average Bonchev–Trinajstić information content (AvgIpc) is 3.15. The first-order valence-corrected chi connectivity index (χ1v) is 11.0. The Morgan fingerprint density at radius 1 is 1.14 bits per heavy atom. The van der Waals surface area contributed by atoms with Crippen LogP contribution >= 0.6 is 0 Å². The van der Waals surface area contributed by atoms with Gasteiger partial charge in [0.25, 0.3) is 0 Å². The van der Waals surface area contributed by atoms with Gasteiger partial charge in [0, 0.05) is 24.5 Å². The van der Waals surface area contributed by atoms with Crippen LogP contribution in [0.3, 0.4) is 0 Å². The fourth-order valence-corrected chi connectivity index (χ4v) is 6.64. The SMILES string of the molecule is CCOC[C@]1(CN)[C@H](c2ccc3c(c2)OCO3)[C@@H]1S(=O)(=O)c1ccc(C)cc1. The molecule has 1 saturated carbocycles. The monoisotopic (exact) mass is 403 g/mol. The molecule has 150 valence electrons. The fourth-order valence-electron chi connectivity index (χ4n) is 4.20. The molecule has 0 bridgehead atoms. The Kier molecular flexibility index (Phi) is 4.85. The van der Waals surface area contributed by atoms with E-state index in [1.807, 2.05) is 44.2 Å². The molecule has 0 spiro atoms. The second-order valence-corrected chi connectivity index (χ2v) is 9.51. The lowest BCUT2D eigenvalue weighted by molar-refractivity contribution is 0.101. The zero-order valence-corrected chi connectivity index (χ0v) is 16.9. The molecule has 0 radical (unpaired) electrons. The average molecular weight is 404 g/mol. The van der Waals surface area contributed by atoms with Crippen molar-refractivity contribution in [3.8, 4) is 11.5 Å². The van der Waals surface area contributed by atoms with Gasteiger partial charge in [-0.25, -0.2) is 8.42 Å². The van der Waals surface area contributed by atoms with E-state index in [0.29, 0.717) is 29.6 Å². The molecular formula is C21H25NO5S. The second-order valence-electron chi connectivity index (χ2n) is 7.44. The van der Waals surface area contributed by atoms with E-state index in [1.54, 1.807) is 12.1 Å². The number of hydrogen-bond donors (Lipinski definition) is 1.